The monoisotopic (exact) mass is 293 g/mol. The SMILES string of the molecule is Cc1[nH]ccc1C(=O)N1CCSC[C@H]1c1nccs1. The maximum absolute atomic E-state index is 12.7. The van der Waals surface area contributed by atoms with Gasteiger partial charge in [0.05, 0.1) is 11.6 Å². The van der Waals surface area contributed by atoms with E-state index in [1.54, 1.807) is 11.3 Å². The molecule has 0 radical (unpaired) electrons. The molecule has 19 heavy (non-hydrogen) atoms. The molecule has 1 atom stereocenters. The van der Waals surface area contributed by atoms with Crippen LogP contribution in [0, 0.1) is 6.92 Å². The van der Waals surface area contributed by atoms with E-state index in [0.717, 1.165) is 34.3 Å². The molecule has 0 aliphatic carbocycles. The van der Waals surface area contributed by atoms with Crippen LogP contribution in [-0.2, 0) is 0 Å². The number of nitrogens with zero attached hydrogens (tertiary/aromatic N) is 2. The van der Waals surface area contributed by atoms with Crippen molar-refractivity contribution >= 4 is 29.0 Å². The van der Waals surface area contributed by atoms with E-state index in [2.05, 4.69) is 9.97 Å². The lowest BCUT2D eigenvalue weighted by atomic mass is 10.2. The van der Waals surface area contributed by atoms with Gasteiger partial charge in [-0.25, -0.2) is 4.98 Å². The smallest absolute Gasteiger partial charge is 0.256 e. The van der Waals surface area contributed by atoms with Gasteiger partial charge in [-0.1, -0.05) is 0 Å². The summed E-state index contributed by atoms with van der Waals surface area (Å²) in [4.78, 5) is 22.1. The molecule has 3 rings (SSSR count). The van der Waals surface area contributed by atoms with Crippen molar-refractivity contribution in [2.24, 2.45) is 0 Å². The largest absolute Gasteiger partial charge is 0.365 e. The van der Waals surface area contributed by atoms with Gasteiger partial charge in [-0.2, -0.15) is 11.8 Å². The highest BCUT2D eigenvalue weighted by Gasteiger charge is 2.31. The van der Waals surface area contributed by atoms with Gasteiger partial charge in [-0.05, 0) is 13.0 Å². The molecule has 1 aliphatic rings. The van der Waals surface area contributed by atoms with Crippen molar-refractivity contribution in [1.82, 2.24) is 14.9 Å². The minimum atomic E-state index is 0.110. The minimum Gasteiger partial charge on any atom is -0.365 e. The predicted octanol–water partition coefficient (Wildman–Crippen LogP) is 2.71. The van der Waals surface area contributed by atoms with Gasteiger partial charge >= 0.3 is 0 Å². The summed E-state index contributed by atoms with van der Waals surface area (Å²) in [6, 6.07) is 1.97. The minimum absolute atomic E-state index is 0.110. The van der Waals surface area contributed by atoms with Crippen molar-refractivity contribution < 1.29 is 4.79 Å². The van der Waals surface area contributed by atoms with Crippen LogP contribution in [0.3, 0.4) is 0 Å². The molecular formula is C13H15N3OS2. The van der Waals surface area contributed by atoms with E-state index in [-0.39, 0.29) is 11.9 Å². The van der Waals surface area contributed by atoms with Gasteiger partial charge in [0.2, 0.25) is 0 Å². The number of rotatable bonds is 2. The fourth-order valence-electron chi connectivity index (χ4n) is 2.29. The highest BCUT2D eigenvalue weighted by molar-refractivity contribution is 7.99. The van der Waals surface area contributed by atoms with Crippen molar-refractivity contribution in [2.45, 2.75) is 13.0 Å². The molecule has 6 heteroatoms. The zero-order chi connectivity index (χ0) is 13.2. The van der Waals surface area contributed by atoms with Crippen molar-refractivity contribution in [3.63, 3.8) is 0 Å². The first kappa shape index (κ1) is 12.7. The number of hydrogen-bond acceptors (Lipinski definition) is 4. The molecule has 3 heterocycles. The van der Waals surface area contributed by atoms with Crippen LogP contribution < -0.4 is 0 Å². The van der Waals surface area contributed by atoms with Gasteiger partial charge in [-0.15, -0.1) is 11.3 Å². The molecule has 0 unspecified atom stereocenters. The zero-order valence-electron chi connectivity index (χ0n) is 10.6. The number of thiazole rings is 1. The molecule has 2 aromatic heterocycles. The molecule has 2 aromatic rings. The van der Waals surface area contributed by atoms with Crippen LogP contribution in [-0.4, -0.2) is 38.8 Å². The number of H-pyrrole nitrogens is 1. The fraction of sp³-hybridized carbons (Fsp3) is 0.385. The third-order valence-corrected chi connectivity index (χ3v) is 5.21. The average molecular weight is 293 g/mol. The summed E-state index contributed by atoms with van der Waals surface area (Å²) in [5, 5.41) is 3.01. The molecule has 100 valence electrons. The van der Waals surface area contributed by atoms with Crippen molar-refractivity contribution in [3.05, 3.63) is 40.1 Å². The third kappa shape index (κ3) is 2.42. The van der Waals surface area contributed by atoms with Crippen molar-refractivity contribution in [1.29, 1.82) is 0 Å². The number of hydrogen-bond donors (Lipinski definition) is 1. The Morgan fingerprint density at radius 3 is 3.16 bits per heavy atom. The number of amides is 1. The van der Waals surface area contributed by atoms with E-state index >= 15 is 0 Å². The quantitative estimate of drug-likeness (QED) is 0.926. The van der Waals surface area contributed by atoms with Gasteiger partial charge in [0.15, 0.2) is 0 Å². The van der Waals surface area contributed by atoms with E-state index in [1.807, 2.05) is 47.4 Å². The number of thioether (sulfide) groups is 1. The van der Waals surface area contributed by atoms with Gasteiger partial charge < -0.3 is 9.88 Å². The third-order valence-electron chi connectivity index (χ3n) is 3.31. The summed E-state index contributed by atoms with van der Waals surface area (Å²) >= 11 is 3.51. The van der Waals surface area contributed by atoms with Crippen molar-refractivity contribution in [2.75, 3.05) is 18.1 Å². The normalized spacial score (nSPS) is 19.6. The molecule has 0 bridgehead atoms. The van der Waals surface area contributed by atoms with Crippen molar-refractivity contribution in [3.8, 4) is 0 Å². The second kappa shape index (κ2) is 5.38. The van der Waals surface area contributed by atoms with E-state index in [0.29, 0.717) is 0 Å². The summed E-state index contributed by atoms with van der Waals surface area (Å²) in [5.41, 5.74) is 1.70. The Bertz CT molecular complexity index is 564. The maximum atomic E-state index is 12.7. The van der Waals surface area contributed by atoms with Crippen LogP contribution in [0.4, 0.5) is 0 Å². The lowest BCUT2D eigenvalue weighted by Gasteiger charge is -2.34. The Kier molecular flexibility index (Phi) is 3.61. The molecule has 1 N–H and O–H groups in total. The second-order valence-electron chi connectivity index (χ2n) is 4.48. The summed E-state index contributed by atoms with van der Waals surface area (Å²) in [7, 11) is 0. The summed E-state index contributed by atoms with van der Waals surface area (Å²) < 4.78 is 0. The molecular weight excluding hydrogens is 278 g/mol. The molecule has 1 saturated heterocycles. The Morgan fingerprint density at radius 2 is 2.47 bits per heavy atom. The van der Waals surface area contributed by atoms with Crippen LogP contribution in [0.5, 0.6) is 0 Å². The molecule has 1 amide bonds. The Morgan fingerprint density at radius 1 is 1.58 bits per heavy atom. The molecule has 1 aliphatic heterocycles. The first-order chi connectivity index (χ1) is 9.27. The van der Waals surface area contributed by atoms with Crippen LogP contribution in [0.25, 0.3) is 0 Å². The lowest BCUT2D eigenvalue weighted by molar-refractivity contribution is 0.0700. The standard InChI is InChI=1S/C13H15N3OS2/c1-9-10(2-3-14-9)13(17)16-5-7-18-8-11(16)12-15-4-6-19-12/h2-4,6,11,14H,5,7-8H2,1H3/t11-/m0/s1. The van der Waals surface area contributed by atoms with E-state index in [4.69, 9.17) is 0 Å². The van der Waals surface area contributed by atoms with E-state index in [9.17, 15) is 4.79 Å². The first-order valence-electron chi connectivity index (χ1n) is 6.19. The Balaban J connectivity index is 1.89. The second-order valence-corrected chi connectivity index (χ2v) is 6.55. The summed E-state index contributed by atoms with van der Waals surface area (Å²) in [5.74, 6) is 2.04. The highest BCUT2D eigenvalue weighted by atomic mass is 32.2. The van der Waals surface area contributed by atoms with Crippen LogP contribution in [0.15, 0.2) is 23.8 Å². The number of aryl methyl sites for hydroxylation is 1. The number of aromatic amines is 1. The van der Waals surface area contributed by atoms with Gasteiger partial charge in [0, 0.05) is 41.5 Å². The Hall–Kier alpha value is -1.27. The Labute approximate surface area is 120 Å². The first-order valence-corrected chi connectivity index (χ1v) is 8.23. The maximum Gasteiger partial charge on any atom is 0.256 e. The highest BCUT2D eigenvalue weighted by Crippen LogP contribution is 2.32. The zero-order valence-corrected chi connectivity index (χ0v) is 12.3. The number of carbonyl (C=O) groups excluding carboxylic acids is 1. The van der Waals surface area contributed by atoms with Crippen LogP contribution in [0.1, 0.15) is 27.1 Å². The van der Waals surface area contributed by atoms with Crippen LogP contribution >= 0.6 is 23.1 Å². The van der Waals surface area contributed by atoms with Gasteiger partial charge in [0.25, 0.3) is 5.91 Å². The number of aromatic nitrogens is 2. The van der Waals surface area contributed by atoms with E-state index in [1.165, 1.54) is 0 Å². The fourth-order valence-corrected chi connectivity index (χ4v) is 4.20. The topological polar surface area (TPSA) is 49.0 Å². The van der Waals surface area contributed by atoms with Crippen LogP contribution in [0.2, 0.25) is 0 Å². The summed E-state index contributed by atoms with van der Waals surface area (Å²) in [6.07, 6.45) is 3.63. The molecule has 0 spiro atoms. The predicted molar refractivity (Wildman–Crippen MR) is 78.7 cm³/mol. The number of carbonyl (C=O) groups is 1. The van der Waals surface area contributed by atoms with E-state index < -0.39 is 0 Å². The molecule has 0 aromatic carbocycles. The molecule has 4 nitrogen and oxygen atoms in total. The van der Waals surface area contributed by atoms with Gasteiger partial charge in [-0.3, -0.25) is 4.79 Å². The molecule has 1 fully saturated rings. The summed E-state index contributed by atoms with van der Waals surface area (Å²) in [6.45, 7) is 2.72. The molecule has 0 saturated carbocycles. The van der Waals surface area contributed by atoms with Gasteiger partial charge in [0.1, 0.15) is 5.01 Å². The lowest BCUT2D eigenvalue weighted by Crippen LogP contribution is -2.40. The number of nitrogens with one attached hydrogen (secondary N) is 1. The average Bonchev–Trinajstić information content (AvgIpc) is 3.09.